The van der Waals surface area contributed by atoms with Gasteiger partial charge in [0.05, 0.1) is 20.6 Å². The maximum absolute atomic E-state index is 12.2. The van der Waals surface area contributed by atoms with Gasteiger partial charge in [-0.15, -0.1) is 22.7 Å². The van der Waals surface area contributed by atoms with Crippen LogP contribution in [-0.4, -0.2) is 20.2 Å². The number of Topliss-reactive ketones (excluding diaryl/α,β-unsaturated/α-hetero) is 1. The molecule has 0 radical (unpaired) electrons. The molecule has 0 amide bonds. The van der Waals surface area contributed by atoms with Crippen molar-refractivity contribution in [3.63, 3.8) is 0 Å². The number of aromatic amines is 1. The van der Waals surface area contributed by atoms with E-state index in [9.17, 15) is 9.59 Å². The summed E-state index contributed by atoms with van der Waals surface area (Å²) in [4.78, 5) is 33.7. The standard InChI is InChI=1S/C17H19N3O2S2/c1-9-8-20-11(10(2)18-16(20)23-9)6-12-15(22)19-14(24-12)7-13(21)17(3,4)5/h6-8H,1-5H3,(H,19,22). The lowest BCUT2D eigenvalue weighted by atomic mass is 9.91. The number of rotatable bonds is 2. The third-order valence-corrected chi connectivity index (χ3v) is 5.47. The maximum Gasteiger partial charge on any atom is 0.266 e. The fourth-order valence-corrected chi connectivity index (χ4v) is 3.98. The van der Waals surface area contributed by atoms with Gasteiger partial charge in [-0.3, -0.25) is 14.0 Å². The number of hydrogen-bond acceptors (Lipinski definition) is 5. The van der Waals surface area contributed by atoms with Crippen molar-refractivity contribution in [2.75, 3.05) is 0 Å². The summed E-state index contributed by atoms with van der Waals surface area (Å²) in [7, 11) is 0. The van der Waals surface area contributed by atoms with Crippen LogP contribution in [0.5, 0.6) is 0 Å². The molecule has 7 heteroatoms. The van der Waals surface area contributed by atoms with Crippen LogP contribution in [0.3, 0.4) is 0 Å². The predicted octanol–water partition coefficient (Wildman–Crippen LogP) is 1.99. The number of thiazole rings is 2. The number of carbonyl (C=O) groups excluding carboxylic acids is 1. The van der Waals surface area contributed by atoms with E-state index in [4.69, 9.17) is 0 Å². The van der Waals surface area contributed by atoms with Crippen LogP contribution in [0.1, 0.15) is 37.0 Å². The lowest BCUT2D eigenvalue weighted by Gasteiger charge is -2.12. The van der Waals surface area contributed by atoms with E-state index in [1.54, 1.807) is 11.3 Å². The molecule has 0 spiro atoms. The molecule has 5 nitrogen and oxygen atoms in total. The minimum absolute atomic E-state index is 0.0112. The number of H-pyrrole nitrogens is 1. The number of hydrogen-bond donors (Lipinski definition) is 1. The Morgan fingerprint density at radius 3 is 2.67 bits per heavy atom. The van der Waals surface area contributed by atoms with Crippen LogP contribution in [0.2, 0.25) is 0 Å². The molecule has 0 saturated heterocycles. The summed E-state index contributed by atoms with van der Waals surface area (Å²) < 4.78 is 3.14. The highest BCUT2D eigenvalue weighted by Crippen LogP contribution is 2.21. The monoisotopic (exact) mass is 361 g/mol. The van der Waals surface area contributed by atoms with E-state index in [-0.39, 0.29) is 11.3 Å². The second kappa shape index (κ2) is 5.82. The topological polar surface area (TPSA) is 67.2 Å². The number of imidazole rings is 1. The van der Waals surface area contributed by atoms with Crippen LogP contribution >= 0.6 is 22.7 Å². The van der Waals surface area contributed by atoms with Crippen LogP contribution in [0.4, 0.5) is 0 Å². The van der Waals surface area contributed by atoms with Crippen LogP contribution in [0.15, 0.2) is 11.0 Å². The maximum atomic E-state index is 12.2. The number of carbonyl (C=O) groups is 1. The van der Waals surface area contributed by atoms with Gasteiger partial charge in [-0.2, -0.15) is 0 Å². The van der Waals surface area contributed by atoms with Crippen molar-refractivity contribution in [1.82, 2.24) is 14.4 Å². The molecule has 0 bridgehead atoms. The number of fused-ring (bicyclic) bond motifs is 1. The van der Waals surface area contributed by atoms with Crippen molar-refractivity contribution in [1.29, 1.82) is 0 Å². The Labute approximate surface area is 147 Å². The van der Waals surface area contributed by atoms with Crippen molar-refractivity contribution >= 4 is 45.6 Å². The molecule has 126 valence electrons. The van der Waals surface area contributed by atoms with Gasteiger partial charge in [0.1, 0.15) is 0 Å². The molecule has 0 saturated carbocycles. The fraction of sp³-hybridized carbons (Fsp3) is 0.353. The molecule has 0 aromatic carbocycles. The van der Waals surface area contributed by atoms with Gasteiger partial charge >= 0.3 is 0 Å². The third-order valence-electron chi connectivity index (χ3n) is 3.61. The number of aromatic nitrogens is 3. The molecular formula is C17H19N3O2S2. The van der Waals surface area contributed by atoms with Gasteiger partial charge in [0.2, 0.25) is 0 Å². The van der Waals surface area contributed by atoms with Crippen molar-refractivity contribution in [2.24, 2.45) is 5.41 Å². The minimum atomic E-state index is -0.465. The summed E-state index contributed by atoms with van der Waals surface area (Å²) in [6.45, 7) is 9.53. The average Bonchev–Trinajstić information content (AvgIpc) is 3.05. The highest BCUT2D eigenvalue weighted by atomic mass is 32.1. The number of ketones is 1. The fourth-order valence-electron chi connectivity index (χ4n) is 2.24. The molecule has 3 aromatic heterocycles. The van der Waals surface area contributed by atoms with E-state index < -0.39 is 5.41 Å². The van der Waals surface area contributed by atoms with Gasteiger partial charge in [-0.1, -0.05) is 20.8 Å². The van der Waals surface area contributed by atoms with Gasteiger partial charge in [0, 0.05) is 22.6 Å². The molecule has 0 aliphatic heterocycles. The smallest absolute Gasteiger partial charge is 0.266 e. The van der Waals surface area contributed by atoms with E-state index in [0.29, 0.717) is 9.20 Å². The molecular weight excluding hydrogens is 342 g/mol. The van der Waals surface area contributed by atoms with E-state index >= 15 is 0 Å². The van der Waals surface area contributed by atoms with Crippen molar-refractivity contribution in [3.8, 4) is 0 Å². The highest BCUT2D eigenvalue weighted by molar-refractivity contribution is 7.17. The summed E-state index contributed by atoms with van der Waals surface area (Å²) in [5.74, 6) is -0.0112. The average molecular weight is 361 g/mol. The first-order valence-corrected chi connectivity index (χ1v) is 9.20. The molecule has 0 unspecified atom stereocenters. The first-order chi connectivity index (χ1) is 11.1. The summed E-state index contributed by atoms with van der Waals surface area (Å²) in [5, 5.41) is 0. The summed E-state index contributed by atoms with van der Waals surface area (Å²) in [6.07, 6.45) is 5.37. The zero-order valence-corrected chi connectivity index (χ0v) is 15.9. The Bertz CT molecular complexity index is 1100. The first-order valence-electron chi connectivity index (χ1n) is 7.57. The van der Waals surface area contributed by atoms with Crippen LogP contribution < -0.4 is 14.8 Å². The molecule has 3 aromatic rings. The molecule has 24 heavy (non-hydrogen) atoms. The van der Waals surface area contributed by atoms with Crippen molar-refractivity contribution < 1.29 is 4.79 Å². The zero-order chi connectivity index (χ0) is 17.6. The normalized spacial score (nSPS) is 14.0. The van der Waals surface area contributed by atoms with E-state index in [0.717, 1.165) is 21.2 Å². The number of nitrogens with one attached hydrogen (secondary N) is 1. The van der Waals surface area contributed by atoms with E-state index in [2.05, 4.69) is 9.97 Å². The van der Waals surface area contributed by atoms with Gasteiger partial charge in [-0.05, 0) is 19.9 Å². The third kappa shape index (κ3) is 3.14. The van der Waals surface area contributed by atoms with Gasteiger partial charge in [0.25, 0.3) is 5.56 Å². The summed E-state index contributed by atoms with van der Waals surface area (Å²) in [5.41, 5.74) is 1.13. The second-order valence-corrected chi connectivity index (χ2v) is 9.06. The van der Waals surface area contributed by atoms with Crippen molar-refractivity contribution in [3.05, 3.63) is 42.0 Å². The zero-order valence-electron chi connectivity index (χ0n) is 14.3. The first kappa shape index (κ1) is 16.9. The summed E-state index contributed by atoms with van der Waals surface area (Å²) in [6, 6.07) is 0. The molecule has 3 rings (SSSR count). The lowest BCUT2D eigenvalue weighted by molar-refractivity contribution is -0.119. The van der Waals surface area contributed by atoms with Gasteiger partial charge in [0.15, 0.2) is 10.7 Å². The Balaban J connectivity index is 2.15. The predicted molar refractivity (Wildman–Crippen MR) is 99.2 cm³/mol. The Kier molecular flexibility index (Phi) is 4.09. The van der Waals surface area contributed by atoms with Crippen LogP contribution in [0, 0.1) is 19.3 Å². The van der Waals surface area contributed by atoms with Crippen LogP contribution in [0.25, 0.3) is 17.1 Å². The molecule has 0 aliphatic rings. The molecule has 3 heterocycles. The molecule has 0 atom stereocenters. The van der Waals surface area contributed by atoms with E-state index in [1.807, 2.05) is 51.3 Å². The van der Waals surface area contributed by atoms with Crippen LogP contribution in [-0.2, 0) is 4.79 Å². The quantitative estimate of drug-likeness (QED) is 0.759. The Morgan fingerprint density at radius 2 is 2.00 bits per heavy atom. The largest absolute Gasteiger partial charge is 0.313 e. The molecule has 0 aliphatic carbocycles. The highest BCUT2D eigenvalue weighted by Gasteiger charge is 2.18. The lowest BCUT2D eigenvalue weighted by Crippen LogP contribution is -2.22. The Hall–Kier alpha value is -1.99. The minimum Gasteiger partial charge on any atom is -0.313 e. The molecule has 1 N–H and O–H groups in total. The Morgan fingerprint density at radius 1 is 1.29 bits per heavy atom. The van der Waals surface area contributed by atoms with Crippen molar-refractivity contribution in [2.45, 2.75) is 34.6 Å². The number of aryl methyl sites for hydroxylation is 2. The summed E-state index contributed by atoms with van der Waals surface area (Å²) >= 11 is 2.91. The second-order valence-electron chi connectivity index (χ2n) is 6.76. The van der Waals surface area contributed by atoms with E-state index in [1.165, 1.54) is 17.4 Å². The SMILES string of the molecule is Cc1cn2c(C=c3sc(=CC(=O)C(C)(C)C)[nH]c3=O)c(C)nc2s1. The number of nitrogens with zero attached hydrogens (tertiary/aromatic N) is 2. The van der Waals surface area contributed by atoms with Gasteiger partial charge in [-0.25, -0.2) is 4.98 Å². The van der Waals surface area contributed by atoms with Gasteiger partial charge < -0.3 is 4.98 Å². The molecule has 0 fully saturated rings.